The average molecular weight is 349 g/mol. The van der Waals surface area contributed by atoms with Crippen molar-refractivity contribution in [2.45, 2.75) is 38.3 Å². The number of hydrogen-bond acceptors (Lipinski definition) is 6. The Balaban J connectivity index is 1.65. The number of piperazine rings is 1. The van der Waals surface area contributed by atoms with Gasteiger partial charge in [-0.15, -0.1) is 0 Å². The second-order valence-electron chi connectivity index (χ2n) is 7.35. The van der Waals surface area contributed by atoms with Gasteiger partial charge in [0.2, 0.25) is 5.76 Å². The van der Waals surface area contributed by atoms with Crippen LogP contribution < -0.4 is 0 Å². The van der Waals surface area contributed by atoms with E-state index in [1.165, 1.54) is 26.4 Å². The van der Waals surface area contributed by atoms with E-state index in [0.29, 0.717) is 6.04 Å². The standard InChI is InChI=1S/C19H31N3O3/c1-15(17-7-8-18(25-17)19(23)24-3)22-9-5-4-6-16(14-22)21-12-10-20(2)11-13-21/h7-8,15-16H,4-6,9-14H2,1-3H3. The number of ether oxygens (including phenoxy) is 1. The van der Waals surface area contributed by atoms with Gasteiger partial charge in [-0.25, -0.2) is 4.79 Å². The van der Waals surface area contributed by atoms with Crippen LogP contribution in [0.1, 0.15) is 48.5 Å². The number of rotatable bonds is 4. The summed E-state index contributed by atoms with van der Waals surface area (Å²) in [5.74, 6) is 0.721. The lowest BCUT2D eigenvalue weighted by Gasteiger charge is -2.40. The van der Waals surface area contributed by atoms with Crippen molar-refractivity contribution in [2.75, 3.05) is 53.4 Å². The van der Waals surface area contributed by atoms with Gasteiger partial charge in [0.15, 0.2) is 0 Å². The molecule has 3 rings (SSSR count). The molecule has 140 valence electrons. The summed E-state index contributed by atoms with van der Waals surface area (Å²) >= 11 is 0. The van der Waals surface area contributed by atoms with Crippen LogP contribution in [0, 0.1) is 0 Å². The van der Waals surface area contributed by atoms with Crippen molar-refractivity contribution in [3.05, 3.63) is 23.7 Å². The molecule has 2 aliphatic heterocycles. The Morgan fingerprint density at radius 3 is 2.68 bits per heavy atom. The fraction of sp³-hybridized carbons (Fsp3) is 0.737. The molecule has 0 bridgehead atoms. The highest BCUT2D eigenvalue weighted by atomic mass is 16.5. The number of carbonyl (C=O) groups is 1. The van der Waals surface area contributed by atoms with E-state index >= 15 is 0 Å². The van der Waals surface area contributed by atoms with Gasteiger partial charge < -0.3 is 14.1 Å². The number of nitrogens with zero attached hydrogens (tertiary/aromatic N) is 3. The molecule has 2 atom stereocenters. The van der Waals surface area contributed by atoms with E-state index in [9.17, 15) is 4.79 Å². The first kappa shape index (κ1) is 18.4. The molecule has 0 amide bonds. The van der Waals surface area contributed by atoms with E-state index in [0.717, 1.165) is 45.0 Å². The van der Waals surface area contributed by atoms with Gasteiger partial charge in [0.25, 0.3) is 0 Å². The van der Waals surface area contributed by atoms with Crippen LogP contribution in [0.5, 0.6) is 0 Å². The van der Waals surface area contributed by atoms with E-state index < -0.39 is 5.97 Å². The Bertz CT molecular complexity index is 566. The summed E-state index contributed by atoms with van der Waals surface area (Å²) < 4.78 is 10.5. The van der Waals surface area contributed by atoms with Gasteiger partial charge in [-0.05, 0) is 45.5 Å². The number of likely N-dealkylation sites (tertiary alicyclic amines) is 1. The summed E-state index contributed by atoms with van der Waals surface area (Å²) in [6.45, 7) is 8.97. The number of carbonyl (C=O) groups excluding carboxylic acids is 1. The molecule has 0 spiro atoms. The molecule has 2 saturated heterocycles. The van der Waals surface area contributed by atoms with Crippen LogP contribution in [0.2, 0.25) is 0 Å². The minimum Gasteiger partial charge on any atom is -0.463 e. The Labute approximate surface area is 150 Å². The Morgan fingerprint density at radius 2 is 1.96 bits per heavy atom. The molecule has 2 unspecified atom stereocenters. The summed E-state index contributed by atoms with van der Waals surface area (Å²) in [6, 6.07) is 4.42. The zero-order valence-corrected chi connectivity index (χ0v) is 15.7. The fourth-order valence-electron chi connectivity index (χ4n) is 3.95. The maximum atomic E-state index is 11.6. The third kappa shape index (κ3) is 4.43. The van der Waals surface area contributed by atoms with Crippen LogP contribution in [-0.2, 0) is 4.74 Å². The lowest BCUT2D eigenvalue weighted by molar-refractivity contribution is 0.0553. The second-order valence-corrected chi connectivity index (χ2v) is 7.35. The predicted octanol–water partition coefficient (Wildman–Crippen LogP) is 2.23. The highest BCUT2D eigenvalue weighted by molar-refractivity contribution is 5.86. The van der Waals surface area contributed by atoms with Gasteiger partial charge in [0, 0.05) is 38.8 Å². The fourth-order valence-corrected chi connectivity index (χ4v) is 3.95. The van der Waals surface area contributed by atoms with Crippen molar-refractivity contribution < 1.29 is 13.9 Å². The van der Waals surface area contributed by atoms with Gasteiger partial charge in [-0.2, -0.15) is 0 Å². The zero-order valence-electron chi connectivity index (χ0n) is 15.7. The molecule has 0 N–H and O–H groups in total. The van der Waals surface area contributed by atoms with Gasteiger partial charge in [0.05, 0.1) is 13.2 Å². The monoisotopic (exact) mass is 349 g/mol. The third-order valence-corrected chi connectivity index (χ3v) is 5.71. The van der Waals surface area contributed by atoms with Gasteiger partial charge in [-0.1, -0.05) is 6.42 Å². The summed E-state index contributed by atoms with van der Waals surface area (Å²) in [5.41, 5.74) is 0. The lowest BCUT2D eigenvalue weighted by atomic mass is 10.1. The maximum Gasteiger partial charge on any atom is 0.373 e. The molecule has 6 nitrogen and oxygen atoms in total. The quantitative estimate of drug-likeness (QED) is 0.777. The van der Waals surface area contributed by atoms with E-state index in [1.54, 1.807) is 6.07 Å². The Hall–Kier alpha value is -1.37. The molecule has 1 aromatic heterocycles. The van der Waals surface area contributed by atoms with Crippen molar-refractivity contribution in [3.63, 3.8) is 0 Å². The predicted molar refractivity (Wildman–Crippen MR) is 96.7 cm³/mol. The van der Waals surface area contributed by atoms with Crippen LogP contribution in [0.15, 0.2) is 16.5 Å². The van der Waals surface area contributed by atoms with Crippen molar-refractivity contribution in [3.8, 4) is 0 Å². The van der Waals surface area contributed by atoms with E-state index in [2.05, 4.69) is 28.7 Å². The summed E-state index contributed by atoms with van der Waals surface area (Å²) in [7, 11) is 3.58. The Kier molecular flexibility index (Phi) is 6.15. The number of hydrogen-bond donors (Lipinski definition) is 0. The topological polar surface area (TPSA) is 49.2 Å². The first-order valence-corrected chi connectivity index (χ1v) is 9.43. The van der Waals surface area contributed by atoms with Crippen LogP contribution >= 0.6 is 0 Å². The molecule has 3 heterocycles. The molecule has 0 saturated carbocycles. The third-order valence-electron chi connectivity index (χ3n) is 5.71. The van der Waals surface area contributed by atoms with Crippen molar-refractivity contribution in [2.24, 2.45) is 0 Å². The summed E-state index contributed by atoms with van der Waals surface area (Å²) in [4.78, 5) is 19.2. The maximum absolute atomic E-state index is 11.6. The molecule has 1 aromatic rings. The van der Waals surface area contributed by atoms with Crippen LogP contribution in [0.3, 0.4) is 0 Å². The number of furan rings is 1. The SMILES string of the molecule is COC(=O)c1ccc(C(C)N2CCCCC(N3CCN(C)CC3)C2)o1. The summed E-state index contributed by atoms with van der Waals surface area (Å²) in [5, 5.41) is 0. The molecule has 2 aliphatic rings. The van der Waals surface area contributed by atoms with E-state index in [1.807, 2.05) is 6.07 Å². The van der Waals surface area contributed by atoms with E-state index in [-0.39, 0.29) is 11.8 Å². The second kappa shape index (κ2) is 8.34. The molecule has 0 aliphatic carbocycles. The van der Waals surface area contributed by atoms with Crippen LogP contribution in [-0.4, -0.2) is 80.1 Å². The van der Waals surface area contributed by atoms with Crippen molar-refractivity contribution >= 4 is 5.97 Å². The minimum absolute atomic E-state index is 0.173. The number of esters is 1. The highest BCUT2D eigenvalue weighted by Gasteiger charge is 2.29. The molecule has 0 aromatic carbocycles. The van der Waals surface area contributed by atoms with Gasteiger partial charge in [-0.3, -0.25) is 9.80 Å². The van der Waals surface area contributed by atoms with Crippen LogP contribution in [0.25, 0.3) is 0 Å². The lowest BCUT2D eigenvalue weighted by Crippen LogP contribution is -2.52. The molecule has 0 radical (unpaired) electrons. The minimum atomic E-state index is -0.412. The zero-order chi connectivity index (χ0) is 17.8. The molecular weight excluding hydrogens is 318 g/mol. The van der Waals surface area contributed by atoms with Crippen LogP contribution in [0.4, 0.5) is 0 Å². The smallest absolute Gasteiger partial charge is 0.373 e. The summed E-state index contributed by atoms with van der Waals surface area (Å²) in [6.07, 6.45) is 3.78. The normalized spacial score (nSPS) is 25.5. The highest BCUT2D eigenvalue weighted by Crippen LogP contribution is 2.27. The van der Waals surface area contributed by atoms with Crippen molar-refractivity contribution in [1.82, 2.24) is 14.7 Å². The average Bonchev–Trinajstić information content (AvgIpc) is 2.99. The van der Waals surface area contributed by atoms with Gasteiger partial charge >= 0.3 is 5.97 Å². The van der Waals surface area contributed by atoms with Gasteiger partial charge in [0.1, 0.15) is 5.76 Å². The first-order chi connectivity index (χ1) is 12.1. The molecule has 6 heteroatoms. The van der Waals surface area contributed by atoms with Crippen molar-refractivity contribution in [1.29, 1.82) is 0 Å². The largest absolute Gasteiger partial charge is 0.463 e. The number of likely N-dealkylation sites (N-methyl/N-ethyl adjacent to an activating group) is 1. The molecular formula is C19H31N3O3. The van der Waals surface area contributed by atoms with E-state index in [4.69, 9.17) is 9.15 Å². The molecule has 2 fully saturated rings. The number of methoxy groups -OCH3 is 1. The molecule has 25 heavy (non-hydrogen) atoms. The Morgan fingerprint density at radius 1 is 1.20 bits per heavy atom. The first-order valence-electron chi connectivity index (χ1n) is 9.43.